The summed E-state index contributed by atoms with van der Waals surface area (Å²) in [6, 6.07) is 0. The van der Waals surface area contributed by atoms with Crippen LogP contribution in [0.2, 0.25) is 0 Å². The van der Waals surface area contributed by atoms with Crippen molar-refractivity contribution in [3.8, 4) is 0 Å². The molecule has 0 aliphatic heterocycles. The summed E-state index contributed by atoms with van der Waals surface area (Å²) < 4.78 is 19.0. The summed E-state index contributed by atoms with van der Waals surface area (Å²) in [6.07, 6.45) is 0. The molecule has 0 bridgehead atoms. The minimum atomic E-state index is -5.14. The van der Waals surface area contributed by atoms with Crippen molar-refractivity contribution in [3.63, 3.8) is 0 Å². The zero-order valence-electron chi connectivity index (χ0n) is 4.13. The first-order chi connectivity index (χ1) is 2.00. The van der Waals surface area contributed by atoms with Crippen molar-refractivity contribution in [2.75, 3.05) is 0 Å². The second kappa shape index (κ2) is 3.69. The Morgan fingerprint density at radius 2 is 1.67 bits per heavy atom. The van der Waals surface area contributed by atoms with E-state index >= 15 is 0 Å². The number of hydrogen-bond acceptors (Lipinski definition) is 1. The van der Waals surface area contributed by atoms with Gasteiger partial charge >= 0.3 is 59.3 Å². The quantitative estimate of drug-likeness (QED) is 0.281. The van der Waals surface area contributed by atoms with Gasteiger partial charge in [-0.2, -0.15) is 0 Å². The molecule has 0 saturated heterocycles. The molecule has 0 saturated carbocycles. The fourth-order valence-corrected chi connectivity index (χ4v) is 0. The van der Waals surface area contributed by atoms with E-state index in [0.717, 1.165) is 0 Å². The van der Waals surface area contributed by atoms with E-state index in [1.807, 2.05) is 0 Å². The Morgan fingerprint density at radius 1 is 1.67 bits per heavy atom. The summed E-state index contributed by atoms with van der Waals surface area (Å²) in [5, 5.41) is 0. The van der Waals surface area contributed by atoms with Crippen LogP contribution in [0.3, 0.4) is 0 Å². The normalized spacial score (nSPS) is 9.83. The minimum Gasteiger partial charge on any atom is -1.00 e. The molecule has 6 heteroatoms. The van der Waals surface area contributed by atoms with Gasteiger partial charge in [0.1, 0.15) is 0 Å². The molecule has 0 aromatic carbocycles. The molecule has 0 fully saturated rings. The van der Waals surface area contributed by atoms with Gasteiger partial charge in [-0.15, -0.1) is 4.20 Å². The van der Waals surface area contributed by atoms with Crippen LogP contribution in [-0.2, 0) is 4.57 Å². The Balaban J connectivity index is -0.0000000800. The molecule has 34 valence electrons. The predicted molar refractivity (Wildman–Crippen MR) is 14.3 cm³/mol. The molecule has 0 spiro atoms. The molecule has 6 heavy (non-hydrogen) atoms. The maximum absolute atomic E-state index is 10.4. The zero-order valence-corrected chi connectivity index (χ0v) is 7.15. The van der Waals surface area contributed by atoms with Gasteiger partial charge in [0.2, 0.25) is 0 Å². The molecule has 0 amide bonds. The zero-order chi connectivity index (χ0) is 4.50. The van der Waals surface area contributed by atoms with Gasteiger partial charge in [-0.1, -0.05) is 0 Å². The molecule has 0 unspecified atom stereocenters. The van der Waals surface area contributed by atoms with Crippen molar-refractivity contribution in [1.82, 2.24) is 0 Å². The molecule has 0 aliphatic rings. The molecule has 0 aromatic heterocycles. The van der Waals surface area contributed by atoms with Gasteiger partial charge in [0.25, 0.3) is 0 Å². The first kappa shape index (κ1) is 10.7. The third-order valence-corrected chi connectivity index (χ3v) is 0. The Kier molecular flexibility index (Phi) is 6.54. The third-order valence-electron chi connectivity index (χ3n) is 0. The predicted octanol–water partition coefficient (Wildman–Crippen LogP) is -2.83. The summed E-state index contributed by atoms with van der Waals surface area (Å²) in [7, 11) is -5.14. The number of halogens is 1. The topological polar surface area (TPSA) is 57.5 Å². The van der Waals surface area contributed by atoms with E-state index in [9.17, 15) is 4.20 Å². The molecule has 0 aliphatic carbocycles. The molecule has 0 atom stereocenters. The summed E-state index contributed by atoms with van der Waals surface area (Å²) in [5.41, 5.74) is 0. The van der Waals surface area contributed by atoms with Gasteiger partial charge in [0.15, 0.2) is 0 Å². The molecule has 0 heterocycles. The Hall–Kier alpha value is 1.72. The first-order valence-electron chi connectivity index (χ1n) is 0.752. The van der Waals surface area contributed by atoms with Crippen molar-refractivity contribution >= 4 is 7.91 Å². The van der Waals surface area contributed by atoms with Crippen molar-refractivity contribution in [1.29, 1.82) is 0 Å². The van der Waals surface area contributed by atoms with E-state index in [2.05, 4.69) is 0 Å². The van der Waals surface area contributed by atoms with Crippen molar-refractivity contribution < 1.29 is 71.4 Å². The largest absolute Gasteiger partial charge is 1.00 e. The van der Waals surface area contributed by atoms with Crippen LogP contribution in [0.1, 0.15) is 1.43 Å². The van der Waals surface area contributed by atoms with Crippen LogP contribution in [0.5, 0.6) is 0 Å². The molecule has 3 nitrogen and oxygen atoms in total. The minimum absolute atomic E-state index is 0. The maximum atomic E-state index is 10.4. The van der Waals surface area contributed by atoms with Gasteiger partial charge in [-0.05, 0) is 0 Å². The monoisotopic (exact) mass is 140 g/mol. The first-order valence-corrected chi connectivity index (χ1v) is 2.25. The van der Waals surface area contributed by atoms with Gasteiger partial charge in [0, 0.05) is 0 Å². The van der Waals surface area contributed by atoms with Crippen LogP contribution in [0.4, 0.5) is 4.20 Å². The average molecular weight is 140 g/mol. The second-order valence-electron chi connectivity index (χ2n) is 0.473. The van der Waals surface area contributed by atoms with Crippen LogP contribution < -0.4 is 51.4 Å². The van der Waals surface area contributed by atoms with Crippen molar-refractivity contribution in [2.45, 2.75) is 0 Å². The van der Waals surface area contributed by atoms with Gasteiger partial charge in [0.05, 0.1) is 0 Å². The summed E-state index contributed by atoms with van der Waals surface area (Å²) >= 11 is 0. The van der Waals surface area contributed by atoms with Crippen molar-refractivity contribution in [3.05, 3.63) is 0 Å². The molecule has 0 radical (unpaired) electrons. The smallest absolute Gasteiger partial charge is 1.00 e. The summed E-state index contributed by atoms with van der Waals surface area (Å²) in [6.45, 7) is 0. The van der Waals surface area contributed by atoms with E-state index in [1.165, 1.54) is 0 Å². The summed E-state index contributed by atoms with van der Waals surface area (Å²) in [5.74, 6) is 0. The standard InChI is InChI=1S/FH2O3P.K.H/c1-5(2,3)4;;/h(H2,2,3,4);;/q;+1;-1. The Morgan fingerprint density at radius 3 is 1.67 bits per heavy atom. The second-order valence-corrected chi connectivity index (χ2v) is 1.42. The Bertz CT molecular complexity index is 61.1. The molecule has 0 rings (SSSR count). The number of hydrogen-bond donors (Lipinski definition) is 2. The summed E-state index contributed by atoms with van der Waals surface area (Å²) in [4.78, 5) is 13.9. The van der Waals surface area contributed by atoms with Gasteiger partial charge in [-0.25, -0.2) is 4.57 Å². The van der Waals surface area contributed by atoms with Crippen LogP contribution in [0, 0.1) is 0 Å². The van der Waals surface area contributed by atoms with Crippen molar-refractivity contribution in [2.24, 2.45) is 0 Å². The molecular weight excluding hydrogens is 137 g/mol. The maximum Gasteiger partial charge on any atom is 1.00 e. The SMILES string of the molecule is O=P(O)(O)F.[H-].[K+]. The number of rotatable bonds is 0. The van der Waals surface area contributed by atoms with Gasteiger partial charge < -0.3 is 1.43 Å². The van der Waals surface area contributed by atoms with Gasteiger partial charge in [-0.3, -0.25) is 9.79 Å². The molecular formula is H3FKO3P. The fourth-order valence-electron chi connectivity index (χ4n) is 0. The fraction of sp³-hybridized carbons (Fsp3) is 0. The van der Waals surface area contributed by atoms with E-state index in [1.54, 1.807) is 0 Å². The van der Waals surface area contributed by atoms with E-state index in [-0.39, 0.29) is 52.8 Å². The third kappa shape index (κ3) is 43.2. The molecule has 0 aromatic rings. The van der Waals surface area contributed by atoms with Crippen LogP contribution in [-0.4, -0.2) is 9.79 Å². The van der Waals surface area contributed by atoms with Crippen LogP contribution >= 0.6 is 7.91 Å². The van der Waals surface area contributed by atoms with E-state index in [4.69, 9.17) is 14.4 Å². The Labute approximate surface area is 78.1 Å². The average Bonchev–Trinajstić information content (AvgIpc) is 0.722. The van der Waals surface area contributed by atoms with E-state index in [0.29, 0.717) is 0 Å². The molecule has 2 N–H and O–H groups in total. The van der Waals surface area contributed by atoms with E-state index < -0.39 is 7.91 Å². The van der Waals surface area contributed by atoms with Crippen LogP contribution in [0.25, 0.3) is 0 Å². The van der Waals surface area contributed by atoms with Crippen LogP contribution in [0.15, 0.2) is 0 Å².